The quantitative estimate of drug-likeness (QED) is 0.814. The van der Waals surface area contributed by atoms with Crippen molar-refractivity contribution in [1.82, 2.24) is 4.90 Å². The fraction of sp³-hybridized carbons (Fsp3) is 0.278. The maximum atomic E-state index is 13.2. The molecular formula is C18H20FNO2S. The molecule has 0 aliphatic heterocycles. The summed E-state index contributed by atoms with van der Waals surface area (Å²) in [4.78, 5) is 14.0. The number of nitrogens with zero attached hydrogens (tertiary/aromatic N) is 1. The van der Waals surface area contributed by atoms with Gasteiger partial charge in [0.25, 0.3) is 0 Å². The Kier molecular flexibility index (Phi) is 6.04. The van der Waals surface area contributed by atoms with Crippen molar-refractivity contribution in [1.29, 1.82) is 0 Å². The van der Waals surface area contributed by atoms with Crippen LogP contribution in [0.25, 0.3) is 0 Å². The Balaban J connectivity index is 1.96. The second-order valence-corrected chi connectivity index (χ2v) is 7.23. The number of hydrogen-bond acceptors (Lipinski definition) is 2. The SMILES string of the molecule is CC(C(=O)N(C)Cc1ccccc1)S(=O)Cc1cccc(F)c1. The lowest BCUT2D eigenvalue weighted by Gasteiger charge is -2.21. The van der Waals surface area contributed by atoms with Crippen LogP contribution < -0.4 is 0 Å². The second-order valence-electron chi connectivity index (χ2n) is 5.48. The van der Waals surface area contributed by atoms with Crippen molar-refractivity contribution < 1.29 is 13.4 Å². The molecule has 0 spiro atoms. The van der Waals surface area contributed by atoms with Crippen LogP contribution in [0.4, 0.5) is 4.39 Å². The van der Waals surface area contributed by atoms with Crippen LogP contribution in [-0.2, 0) is 27.9 Å². The molecule has 23 heavy (non-hydrogen) atoms. The van der Waals surface area contributed by atoms with Crippen LogP contribution in [-0.4, -0.2) is 27.3 Å². The number of carbonyl (C=O) groups is 1. The monoisotopic (exact) mass is 333 g/mol. The second kappa shape index (κ2) is 8.02. The molecule has 122 valence electrons. The predicted octanol–water partition coefficient (Wildman–Crippen LogP) is 3.12. The summed E-state index contributed by atoms with van der Waals surface area (Å²) < 4.78 is 25.5. The van der Waals surface area contributed by atoms with Crippen molar-refractivity contribution in [3.8, 4) is 0 Å². The van der Waals surface area contributed by atoms with Crippen LogP contribution >= 0.6 is 0 Å². The Morgan fingerprint density at radius 1 is 1.13 bits per heavy atom. The van der Waals surface area contributed by atoms with Gasteiger partial charge in [-0.1, -0.05) is 42.5 Å². The van der Waals surface area contributed by atoms with Gasteiger partial charge in [-0.3, -0.25) is 9.00 Å². The number of rotatable bonds is 6. The molecule has 0 bridgehead atoms. The van der Waals surface area contributed by atoms with E-state index >= 15 is 0 Å². The lowest BCUT2D eigenvalue weighted by molar-refractivity contribution is -0.129. The highest BCUT2D eigenvalue weighted by Crippen LogP contribution is 2.12. The summed E-state index contributed by atoms with van der Waals surface area (Å²) in [5, 5.41) is -0.632. The highest BCUT2D eigenvalue weighted by atomic mass is 32.2. The molecule has 2 aromatic carbocycles. The predicted molar refractivity (Wildman–Crippen MR) is 90.6 cm³/mol. The van der Waals surface area contributed by atoms with Gasteiger partial charge in [0.1, 0.15) is 11.1 Å². The summed E-state index contributed by atoms with van der Waals surface area (Å²) in [5.41, 5.74) is 1.65. The minimum atomic E-state index is -1.39. The van der Waals surface area contributed by atoms with E-state index < -0.39 is 16.0 Å². The molecule has 2 unspecified atom stereocenters. The van der Waals surface area contributed by atoms with E-state index in [0.717, 1.165) is 5.56 Å². The van der Waals surface area contributed by atoms with Gasteiger partial charge >= 0.3 is 0 Å². The maximum Gasteiger partial charge on any atom is 0.238 e. The summed E-state index contributed by atoms with van der Waals surface area (Å²) in [6.45, 7) is 2.13. The first-order valence-electron chi connectivity index (χ1n) is 7.38. The Bertz CT molecular complexity index is 690. The van der Waals surface area contributed by atoms with Gasteiger partial charge in [0.05, 0.1) is 0 Å². The largest absolute Gasteiger partial charge is 0.340 e. The molecule has 0 radical (unpaired) electrons. The van der Waals surface area contributed by atoms with Gasteiger partial charge < -0.3 is 4.90 Å². The zero-order valence-electron chi connectivity index (χ0n) is 13.2. The van der Waals surface area contributed by atoms with Crippen LogP contribution in [0.2, 0.25) is 0 Å². The third-order valence-electron chi connectivity index (χ3n) is 3.58. The molecular weight excluding hydrogens is 313 g/mol. The molecule has 0 aliphatic carbocycles. The van der Waals surface area contributed by atoms with E-state index in [0.29, 0.717) is 12.1 Å². The van der Waals surface area contributed by atoms with Crippen molar-refractivity contribution in [2.45, 2.75) is 24.5 Å². The van der Waals surface area contributed by atoms with Gasteiger partial charge in [0.2, 0.25) is 5.91 Å². The first-order valence-corrected chi connectivity index (χ1v) is 8.76. The first-order chi connectivity index (χ1) is 11.0. The number of carbonyl (C=O) groups excluding carboxylic acids is 1. The minimum absolute atomic E-state index is 0.170. The van der Waals surface area contributed by atoms with E-state index in [4.69, 9.17) is 0 Å². The van der Waals surface area contributed by atoms with Crippen molar-refractivity contribution in [2.24, 2.45) is 0 Å². The average molecular weight is 333 g/mol. The van der Waals surface area contributed by atoms with Crippen LogP contribution in [0.3, 0.4) is 0 Å². The van der Waals surface area contributed by atoms with Crippen LogP contribution in [0.1, 0.15) is 18.1 Å². The van der Waals surface area contributed by atoms with E-state index in [-0.39, 0.29) is 17.5 Å². The number of halogens is 1. The molecule has 0 N–H and O–H groups in total. The van der Waals surface area contributed by atoms with E-state index in [1.807, 2.05) is 30.3 Å². The Labute approximate surface area is 138 Å². The Morgan fingerprint density at radius 3 is 2.43 bits per heavy atom. The van der Waals surface area contributed by atoms with Gasteiger partial charge in [-0.25, -0.2) is 4.39 Å². The van der Waals surface area contributed by atoms with Crippen molar-refractivity contribution >= 4 is 16.7 Å². The molecule has 0 aromatic heterocycles. The number of hydrogen-bond donors (Lipinski definition) is 0. The summed E-state index contributed by atoms with van der Waals surface area (Å²) >= 11 is 0. The molecule has 3 nitrogen and oxygen atoms in total. The normalized spacial score (nSPS) is 13.3. The lowest BCUT2D eigenvalue weighted by atomic mass is 10.2. The molecule has 0 saturated heterocycles. The van der Waals surface area contributed by atoms with Crippen molar-refractivity contribution in [3.05, 3.63) is 71.5 Å². The van der Waals surface area contributed by atoms with Crippen molar-refractivity contribution in [2.75, 3.05) is 7.05 Å². The highest BCUT2D eigenvalue weighted by Gasteiger charge is 2.23. The van der Waals surface area contributed by atoms with Crippen LogP contribution in [0.5, 0.6) is 0 Å². The maximum absolute atomic E-state index is 13.2. The molecule has 2 rings (SSSR count). The molecule has 1 amide bonds. The molecule has 0 heterocycles. The van der Waals surface area contributed by atoms with Crippen LogP contribution in [0.15, 0.2) is 54.6 Å². The standard InChI is InChI=1S/C18H20FNO2S/c1-14(23(22)13-16-9-6-10-17(19)11-16)18(21)20(2)12-15-7-4-3-5-8-15/h3-11,14H,12-13H2,1-2H3. The molecule has 0 aliphatic rings. The topological polar surface area (TPSA) is 37.4 Å². The molecule has 5 heteroatoms. The van der Waals surface area contributed by atoms with Gasteiger partial charge in [-0.05, 0) is 30.2 Å². The summed E-state index contributed by atoms with van der Waals surface area (Å²) in [6.07, 6.45) is 0. The lowest BCUT2D eigenvalue weighted by Crippen LogP contribution is -2.37. The highest BCUT2D eigenvalue weighted by molar-refractivity contribution is 7.85. The molecule has 2 atom stereocenters. The summed E-state index contributed by atoms with van der Waals surface area (Å²) in [5.74, 6) is -0.368. The van der Waals surface area contributed by atoms with Gasteiger partial charge in [0.15, 0.2) is 0 Å². The van der Waals surface area contributed by atoms with E-state index in [9.17, 15) is 13.4 Å². The van der Waals surface area contributed by atoms with Gasteiger partial charge in [-0.15, -0.1) is 0 Å². The van der Waals surface area contributed by atoms with Gasteiger partial charge in [-0.2, -0.15) is 0 Å². The summed E-state index contributed by atoms with van der Waals surface area (Å²) in [6, 6.07) is 15.6. The zero-order valence-corrected chi connectivity index (χ0v) is 14.1. The Hall–Kier alpha value is -2.01. The third kappa shape index (κ3) is 4.99. The fourth-order valence-electron chi connectivity index (χ4n) is 2.27. The fourth-order valence-corrected chi connectivity index (χ4v) is 3.44. The number of benzene rings is 2. The van der Waals surface area contributed by atoms with Crippen LogP contribution in [0, 0.1) is 5.82 Å². The number of amides is 1. The molecule has 0 saturated carbocycles. The Morgan fingerprint density at radius 2 is 1.78 bits per heavy atom. The summed E-state index contributed by atoms with van der Waals surface area (Å²) in [7, 11) is 0.309. The van der Waals surface area contributed by atoms with E-state index in [1.54, 1.807) is 31.0 Å². The van der Waals surface area contributed by atoms with E-state index in [1.165, 1.54) is 12.1 Å². The molecule has 0 fully saturated rings. The smallest absolute Gasteiger partial charge is 0.238 e. The minimum Gasteiger partial charge on any atom is -0.340 e. The third-order valence-corrected chi connectivity index (χ3v) is 5.19. The van der Waals surface area contributed by atoms with Gasteiger partial charge in [0, 0.05) is 30.1 Å². The molecule has 2 aromatic rings. The zero-order chi connectivity index (χ0) is 16.8. The van der Waals surface area contributed by atoms with E-state index in [2.05, 4.69) is 0 Å². The van der Waals surface area contributed by atoms with Crippen molar-refractivity contribution in [3.63, 3.8) is 0 Å². The first kappa shape index (κ1) is 17.3. The average Bonchev–Trinajstić information content (AvgIpc) is 2.54.